The van der Waals surface area contributed by atoms with Crippen LogP contribution in [0, 0.1) is 5.41 Å². The molecule has 1 N–H and O–H groups in total. The fourth-order valence-electron chi connectivity index (χ4n) is 2.10. The highest BCUT2D eigenvalue weighted by molar-refractivity contribution is 9.25. The standard InChI is InChI=1S/C14H14Br2N2O2S/c1-3-20-8-4-5-9-10(6-8)21-12(17-9)18-11(19)13(2)7-14(13,15)16/h4-6H,3,7H2,1-2H3,(H,17,18,19). The van der Waals surface area contributed by atoms with Crippen LogP contribution < -0.4 is 10.1 Å². The predicted molar refractivity (Wildman–Crippen MR) is 92.7 cm³/mol. The van der Waals surface area contributed by atoms with E-state index < -0.39 is 5.41 Å². The Morgan fingerprint density at radius 3 is 2.86 bits per heavy atom. The van der Waals surface area contributed by atoms with Crippen molar-refractivity contribution in [2.75, 3.05) is 11.9 Å². The van der Waals surface area contributed by atoms with Crippen LogP contribution in [-0.4, -0.2) is 20.7 Å². The first-order chi connectivity index (χ1) is 9.85. The molecule has 1 atom stereocenters. The number of carbonyl (C=O) groups is 1. The number of aromatic nitrogens is 1. The topological polar surface area (TPSA) is 51.2 Å². The monoisotopic (exact) mass is 432 g/mol. The van der Waals surface area contributed by atoms with Crippen LogP contribution in [0.25, 0.3) is 10.2 Å². The zero-order valence-electron chi connectivity index (χ0n) is 11.6. The van der Waals surface area contributed by atoms with Crippen LogP contribution >= 0.6 is 43.2 Å². The summed E-state index contributed by atoms with van der Waals surface area (Å²) in [6, 6.07) is 5.75. The van der Waals surface area contributed by atoms with Crippen LogP contribution in [0.2, 0.25) is 0 Å². The molecular weight excluding hydrogens is 420 g/mol. The lowest BCUT2D eigenvalue weighted by Crippen LogP contribution is -2.25. The molecule has 7 heteroatoms. The molecule has 1 saturated carbocycles. The molecule has 1 aliphatic rings. The molecule has 1 aromatic heterocycles. The van der Waals surface area contributed by atoms with Gasteiger partial charge in [-0.15, -0.1) is 0 Å². The van der Waals surface area contributed by atoms with Gasteiger partial charge in [0.15, 0.2) is 5.13 Å². The number of rotatable bonds is 4. The Labute approximate surface area is 143 Å². The van der Waals surface area contributed by atoms with Gasteiger partial charge in [0.25, 0.3) is 0 Å². The highest BCUT2D eigenvalue weighted by Crippen LogP contribution is 2.66. The summed E-state index contributed by atoms with van der Waals surface area (Å²) in [5.74, 6) is 0.793. The number of halogens is 2. The van der Waals surface area contributed by atoms with Crippen LogP contribution in [0.15, 0.2) is 18.2 Å². The Kier molecular flexibility index (Phi) is 3.78. The quantitative estimate of drug-likeness (QED) is 0.720. The maximum Gasteiger partial charge on any atom is 0.234 e. The molecule has 21 heavy (non-hydrogen) atoms. The number of ether oxygens (including phenoxy) is 1. The van der Waals surface area contributed by atoms with Crippen molar-refractivity contribution in [2.45, 2.75) is 23.5 Å². The Morgan fingerprint density at radius 1 is 1.52 bits per heavy atom. The molecule has 112 valence electrons. The summed E-state index contributed by atoms with van der Waals surface area (Å²) in [5, 5.41) is 3.53. The molecule has 1 fully saturated rings. The van der Waals surface area contributed by atoms with Gasteiger partial charge in [-0.05, 0) is 38.5 Å². The third-order valence-corrected chi connectivity index (χ3v) is 6.89. The lowest BCUT2D eigenvalue weighted by molar-refractivity contribution is -0.120. The van der Waals surface area contributed by atoms with E-state index in [1.165, 1.54) is 11.3 Å². The second-order valence-corrected chi connectivity index (χ2v) is 10.1. The molecule has 1 aromatic carbocycles. The number of nitrogens with one attached hydrogen (secondary N) is 1. The van der Waals surface area contributed by atoms with Crippen molar-refractivity contribution >= 4 is 64.5 Å². The fourth-order valence-corrected chi connectivity index (χ4v) is 4.47. The molecule has 1 heterocycles. The number of carbonyl (C=O) groups excluding carboxylic acids is 1. The Balaban J connectivity index is 1.80. The first-order valence-electron chi connectivity index (χ1n) is 6.58. The van der Waals surface area contributed by atoms with Crippen molar-refractivity contribution in [1.82, 2.24) is 4.98 Å². The summed E-state index contributed by atoms with van der Waals surface area (Å²) in [7, 11) is 0. The minimum atomic E-state index is -0.443. The molecule has 4 nitrogen and oxygen atoms in total. The number of alkyl halides is 2. The van der Waals surface area contributed by atoms with E-state index in [2.05, 4.69) is 42.2 Å². The van der Waals surface area contributed by atoms with Gasteiger partial charge in [-0.2, -0.15) is 0 Å². The van der Waals surface area contributed by atoms with Gasteiger partial charge in [0.1, 0.15) is 5.75 Å². The van der Waals surface area contributed by atoms with Crippen molar-refractivity contribution in [3.8, 4) is 5.75 Å². The van der Waals surface area contributed by atoms with Gasteiger partial charge >= 0.3 is 0 Å². The smallest absolute Gasteiger partial charge is 0.234 e. The minimum absolute atomic E-state index is 0.0275. The number of fused-ring (bicyclic) bond motifs is 1. The molecule has 1 amide bonds. The molecule has 0 radical (unpaired) electrons. The van der Waals surface area contributed by atoms with Crippen LogP contribution in [0.4, 0.5) is 5.13 Å². The van der Waals surface area contributed by atoms with Crippen molar-refractivity contribution in [1.29, 1.82) is 0 Å². The molecule has 2 aromatic rings. The molecule has 0 bridgehead atoms. The van der Waals surface area contributed by atoms with Gasteiger partial charge < -0.3 is 10.1 Å². The maximum atomic E-state index is 12.3. The van der Waals surface area contributed by atoms with Crippen molar-refractivity contribution in [3.05, 3.63) is 18.2 Å². The van der Waals surface area contributed by atoms with Gasteiger partial charge in [0, 0.05) is 0 Å². The molecular formula is C14H14Br2N2O2S. The molecule has 1 unspecified atom stereocenters. The van der Waals surface area contributed by atoms with Crippen LogP contribution in [0.3, 0.4) is 0 Å². The van der Waals surface area contributed by atoms with Gasteiger partial charge in [-0.1, -0.05) is 43.2 Å². The van der Waals surface area contributed by atoms with Gasteiger partial charge in [0.2, 0.25) is 5.91 Å². The van der Waals surface area contributed by atoms with Crippen LogP contribution in [0.1, 0.15) is 20.3 Å². The van der Waals surface area contributed by atoms with E-state index >= 15 is 0 Å². The summed E-state index contributed by atoms with van der Waals surface area (Å²) in [5.41, 5.74) is 0.421. The Morgan fingerprint density at radius 2 is 2.24 bits per heavy atom. The normalized spacial score (nSPS) is 23.0. The number of hydrogen-bond acceptors (Lipinski definition) is 4. The lowest BCUT2D eigenvalue weighted by Gasteiger charge is -2.10. The largest absolute Gasteiger partial charge is 0.494 e. The highest BCUT2D eigenvalue weighted by Gasteiger charge is 2.66. The SMILES string of the molecule is CCOc1ccc2nc(NC(=O)C3(C)CC3(Br)Br)sc2c1. The van der Waals surface area contributed by atoms with E-state index in [1.807, 2.05) is 32.0 Å². The molecule has 0 saturated heterocycles. The number of benzene rings is 1. The van der Waals surface area contributed by atoms with Gasteiger partial charge in [-0.3, -0.25) is 4.79 Å². The fraction of sp³-hybridized carbons (Fsp3) is 0.429. The number of nitrogens with zero attached hydrogens (tertiary/aromatic N) is 1. The summed E-state index contributed by atoms with van der Waals surface area (Å²) < 4.78 is 6.18. The van der Waals surface area contributed by atoms with E-state index in [0.717, 1.165) is 22.4 Å². The van der Waals surface area contributed by atoms with Crippen molar-refractivity contribution in [2.24, 2.45) is 5.41 Å². The number of amides is 1. The first-order valence-corrected chi connectivity index (χ1v) is 8.99. The van der Waals surface area contributed by atoms with Crippen molar-refractivity contribution < 1.29 is 9.53 Å². The van der Waals surface area contributed by atoms with Crippen LogP contribution in [-0.2, 0) is 4.79 Å². The molecule has 0 aliphatic heterocycles. The second-order valence-electron chi connectivity index (χ2n) is 5.25. The first kappa shape index (κ1) is 15.2. The lowest BCUT2D eigenvalue weighted by atomic mass is 10.1. The Bertz CT molecular complexity index is 716. The van der Waals surface area contributed by atoms with Gasteiger partial charge in [-0.25, -0.2) is 4.98 Å². The third-order valence-electron chi connectivity index (χ3n) is 3.65. The molecule has 3 rings (SSSR count). The highest BCUT2D eigenvalue weighted by atomic mass is 79.9. The predicted octanol–water partition coefficient (Wildman–Crippen LogP) is 4.53. The maximum absolute atomic E-state index is 12.3. The minimum Gasteiger partial charge on any atom is -0.494 e. The van der Waals surface area contributed by atoms with E-state index in [1.54, 1.807) is 0 Å². The van der Waals surface area contributed by atoms with E-state index in [-0.39, 0.29) is 9.14 Å². The number of anilines is 1. The zero-order valence-corrected chi connectivity index (χ0v) is 15.6. The number of hydrogen-bond donors (Lipinski definition) is 1. The zero-order chi connectivity index (χ0) is 15.3. The van der Waals surface area contributed by atoms with E-state index in [4.69, 9.17) is 4.74 Å². The average Bonchev–Trinajstić information content (AvgIpc) is 2.77. The van der Waals surface area contributed by atoms with Crippen LogP contribution in [0.5, 0.6) is 5.75 Å². The molecule has 0 spiro atoms. The summed E-state index contributed by atoms with van der Waals surface area (Å²) in [6.07, 6.45) is 0.755. The second kappa shape index (κ2) is 5.21. The summed E-state index contributed by atoms with van der Waals surface area (Å²) >= 11 is 8.47. The Hall–Kier alpha value is -0.660. The summed E-state index contributed by atoms with van der Waals surface area (Å²) in [4.78, 5) is 16.8. The van der Waals surface area contributed by atoms with Crippen molar-refractivity contribution in [3.63, 3.8) is 0 Å². The summed E-state index contributed by atoms with van der Waals surface area (Å²) in [6.45, 7) is 4.50. The van der Waals surface area contributed by atoms with E-state index in [0.29, 0.717) is 11.7 Å². The van der Waals surface area contributed by atoms with Gasteiger partial charge in [0.05, 0.1) is 25.5 Å². The average molecular weight is 434 g/mol. The number of thiazole rings is 1. The third kappa shape index (κ3) is 2.71. The van der Waals surface area contributed by atoms with E-state index in [9.17, 15) is 4.79 Å². The molecule has 1 aliphatic carbocycles.